The molecule has 4 N–H and O–H groups in total. The van der Waals surface area contributed by atoms with Crippen LogP contribution in [0.5, 0.6) is 5.75 Å². The van der Waals surface area contributed by atoms with Crippen molar-refractivity contribution in [3.05, 3.63) is 23.8 Å². The van der Waals surface area contributed by atoms with Crippen LogP contribution < -0.4 is 15.8 Å². The topological polar surface area (TPSA) is 120 Å². The molecular weight excluding hydrogens is 470 g/mol. The van der Waals surface area contributed by atoms with Crippen molar-refractivity contribution < 1.29 is 19.4 Å². The van der Waals surface area contributed by atoms with Gasteiger partial charge in [-0.15, -0.1) is 0 Å². The lowest BCUT2D eigenvalue weighted by Gasteiger charge is -2.29. The maximum atomic E-state index is 12.8. The Bertz CT molecular complexity index is 937. The summed E-state index contributed by atoms with van der Waals surface area (Å²) in [6, 6.07) is 6.06. The van der Waals surface area contributed by atoms with E-state index in [1.54, 1.807) is 4.90 Å². The molecule has 0 bridgehead atoms. The molecule has 0 spiro atoms. The van der Waals surface area contributed by atoms with Crippen LogP contribution in [-0.4, -0.2) is 71.6 Å². The third kappa shape index (κ3) is 9.22. The summed E-state index contributed by atoms with van der Waals surface area (Å²) < 4.78 is 5.96. The largest absolute Gasteiger partial charge is 0.494 e. The number of carbonyl (C=O) groups excluding carboxylic acids is 2. The van der Waals surface area contributed by atoms with Crippen LogP contribution in [0.4, 0.5) is 5.69 Å². The standard InChI is InChI=1S/C28H45N5O4/c1-28(2,3)20-30-25(35)19-32-18-21-17-23(12-13-24(21)31-27(32)29)37-16-7-6-11-26(36)33(14-8-15-34)22-9-4-5-10-22/h12-13,17,22,34H,4-11,14-16,18-20H2,1-3H3,(H2,29,31)(H,30,35). The average Bonchev–Trinajstić information content (AvgIpc) is 3.37. The van der Waals surface area contributed by atoms with E-state index < -0.39 is 0 Å². The second-order valence-electron chi connectivity index (χ2n) is 11.4. The molecule has 9 heteroatoms. The predicted molar refractivity (Wildman–Crippen MR) is 146 cm³/mol. The average molecular weight is 516 g/mol. The highest BCUT2D eigenvalue weighted by Crippen LogP contribution is 2.29. The van der Waals surface area contributed by atoms with Crippen LogP contribution in [0.25, 0.3) is 0 Å². The van der Waals surface area contributed by atoms with E-state index in [4.69, 9.17) is 10.5 Å². The molecule has 3 rings (SSSR count). The van der Waals surface area contributed by atoms with E-state index in [0.717, 1.165) is 42.7 Å². The van der Waals surface area contributed by atoms with E-state index in [-0.39, 0.29) is 30.4 Å². The second kappa shape index (κ2) is 13.7. The monoisotopic (exact) mass is 515 g/mol. The maximum absolute atomic E-state index is 12.8. The van der Waals surface area contributed by atoms with Crippen molar-refractivity contribution in [1.82, 2.24) is 15.1 Å². The SMILES string of the molecule is CC(C)(C)CNC(=O)CN1Cc2cc(OCCCCC(=O)N(CCCO)C3CCCC3)ccc2N=C1N. The smallest absolute Gasteiger partial charge is 0.239 e. The molecule has 2 aliphatic rings. The van der Waals surface area contributed by atoms with E-state index >= 15 is 0 Å². The minimum atomic E-state index is -0.0821. The minimum Gasteiger partial charge on any atom is -0.494 e. The number of unbranched alkanes of at least 4 members (excludes halogenated alkanes) is 1. The maximum Gasteiger partial charge on any atom is 0.239 e. The Labute approximate surface area is 221 Å². The zero-order valence-corrected chi connectivity index (χ0v) is 22.8. The highest BCUT2D eigenvalue weighted by atomic mass is 16.5. The Kier molecular flexibility index (Phi) is 10.6. The predicted octanol–water partition coefficient (Wildman–Crippen LogP) is 3.31. The third-order valence-corrected chi connectivity index (χ3v) is 6.82. The first-order chi connectivity index (χ1) is 17.7. The van der Waals surface area contributed by atoms with Crippen molar-refractivity contribution in [2.75, 3.05) is 32.8 Å². The van der Waals surface area contributed by atoms with E-state index in [9.17, 15) is 14.7 Å². The molecule has 1 aliphatic heterocycles. The van der Waals surface area contributed by atoms with Crippen molar-refractivity contribution in [1.29, 1.82) is 0 Å². The van der Waals surface area contributed by atoms with Gasteiger partial charge in [0.15, 0.2) is 5.96 Å². The van der Waals surface area contributed by atoms with Gasteiger partial charge < -0.3 is 30.7 Å². The summed E-state index contributed by atoms with van der Waals surface area (Å²) in [5.74, 6) is 1.19. The summed E-state index contributed by atoms with van der Waals surface area (Å²) in [5, 5.41) is 12.1. The van der Waals surface area contributed by atoms with Gasteiger partial charge in [-0.2, -0.15) is 0 Å². The lowest BCUT2D eigenvalue weighted by Crippen LogP contribution is -2.46. The Balaban J connectivity index is 1.44. The molecule has 1 saturated carbocycles. The molecule has 0 saturated heterocycles. The molecule has 2 amide bonds. The quantitative estimate of drug-likeness (QED) is 0.347. The lowest BCUT2D eigenvalue weighted by molar-refractivity contribution is -0.133. The molecule has 9 nitrogen and oxygen atoms in total. The molecule has 0 unspecified atom stereocenters. The van der Waals surface area contributed by atoms with Crippen LogP contribution in [0.3, 0.4) is 0 Å². The number of benzene rings is 1. The van der Waals surface area contributed by atoms with Crippen molar-refractivity contribution >= 4 is 23.5 Å². The van der Waals surface area contributed by atoms with Crippen LogP contribution in [0.1, 0.15) is 77.7 Å². The number of nitrogens with one attached hydrogen (secondary N) is 1. The summed E-state index contributed by atoms with van der Waals surface area (Å²) in [5.41, 5.74) is 7.87. The van der Waals surface area contributed by atoms with E-state index in [0.29, 0.717) is 51.1 Å². The Hall–Kier alpha value is -2.81. The van der Waals surface area contributed by atoms with E-state index in [1.807, 2.05) is 23.1 Å². The van der Waals surface area contributed by atoms with E-state index in [1.165, 1.54) is 12.8 Å². The second-order valence-corrected chi connectivity index (χ2v) is 11.4. The van der Waals surface area contributed by atoms with Crippen LogP contribution in [0, 0.1) is 5.41 Å². The molecule has 1 aliphatic carbocycles. The van der Waals surface area contributed by atoms with Gasteiger partial charge in [-0.05, 0) is 55.7 Å². The first-order valence-electron chi connectivity index (χ1n) is 13.7. The van der Waals surface area contributed by atoms with Gasteiger partial charge >= 0.3 is 0 Å². The van der Waals surface area contributed by atoms with E-state index in [2.05, 4.69) is 31.1 Å². The molecule has 0 radical (unpaired) electrons. The van der Waals surface area contributed by atoms with Crippen LogP contribution >= 0.6 is 0 Å². The van der Waals surface area contributed by atoms with Gasteiger partial charge in [0.2, 0.25) is 11.8 Å². The Morgan fingerprint density at radius 3 is 2.68 bits per heavy atom. The molecule has 206 valence electrons. The molecule has 1 heterocycles. The van der Waals surface area contributed by atoms with Gasteiger partial charge in [0.1, 0.15) is 5.75 Å². The lowest BCUT2D eigenvalue weighted by atomic mass is 9.97. The fourth-order valence-electron chi connectivity index (χ4n) is 4.78. The summed E-state index contributed by atoms with van der Waals surface area (Å²) in [4.78, 5) is 33.4. The number of aliphatic imine (C=N–C) groups is 1. The third-order valence-electron chi connectivity index (χ3n) is 6.82. The first-order valence-corrected chi connectivity index (χ1v) is 13.7. The van der Waals surface area contributed by atoms with Gasteiger partial charge in [0.25, 0.3) is 0 Å². The minimum absolute atomic E-state index is 0.0125. The number of aliphatic hydroxyl groups is 1. The van der Waals surface area contributed by atoms with Gasteiger partial charge in [-0.25, -0.2) is 4.99 Å². The molecule has 0 atom stereocenters. The van der Waals surface area contributed by atoms with Gasteiger partial charge in [-0.3, -0.25) is 9.59 Å². The van der Waals surface area contributed by atoms with Crippen molar-refractivity contribution in [2.45, 2.75) is 84.7 Å². The summed E-state index contributed by atoms with van der Waals surface area (Å²) >= 11 is 0. The van der Waals surface area contributed by atoms with Crippen LogP contribution in [0.2, 0.25) is 0 Å². The first kappa shape index (κ1) is 28.8. The number of guanidine groups is 1. The summed E-state index contributed by atoms with van der Waals surface area (Å²) in [6.45, 7) is 8.75. The molecule has 1 aromatic carbocycles. The zero-order valence-electron chi connectivity index (χ0n) is 22.8. The molecule has 1 aromatic rings. The Morgan fingerprint density at radius 1 is 1.22 bits per heavy atom. The molecule has 1 fully saturated rings. The number of amides is 2. The number of nitrogens with zero attached hydrogens (tertiary/aromatic N) is 3. The number of ether oxygens (including phenoxy) is 1. The number of nitrogens with two attached hydrogens (primary N) is 1. The van der Waals surface area contributed by atoms with Gasteiger partial charge in [0.05, 0.1) is 18.8 Å². The van der Waals surface area contributed by atoms with Crippen molar-refractivity contribution in [3.8, 4) is 5.75 Å². The fourth-order valence-corrected chi connectivity index (χ4v) is 4.78. The Morgan fingerprint density at radius 2 is 1.97 bits per heavy atom. The van der Waals surface area contributed by atoms with Crippen molar-refractivity contribution in [2.24, 2.45) is 16.1 Å². The zero-order chi connectivity index (χ0) is 26.8. The highest BCUT2D eigenvalue weighted by molar-refractivity contribution is 5.88. The normalized spacial score (nSPS) is 15.8. The highest BCUT2D eigenvalue weighted by Gasteiger charge is 2.26. The number of aliphatic hydroxyl groups excluding tert-OH is 1. The van der Waals surface area contributed by atoms with Crippen LogP contribution in [-0.2, 0) is 16.1 Å². The van der Waals surface area contributed by atoms with Gasteiger partial charge in [-0.1, -0.05) is 33.6 Å². The van der Waals surface area contributed by atoms with Crippen molar-refractivity contribution in [3.63, 3.8) is 0 Å². The number of rotatable bonds is 13. The number of hydrogen-bond donors (Lipinski definition) is 3. The van der Waals surface area contributed by atoms with Crippen LogP contribution in [0.15, 0.2) is 23.2 Å². The molecule has 0 aromatic heterocycles. The summed E-state index contributed by atoms with van der Waals surface area (Å²) in [7, 11) is 0. The fraction of sp³-hybridized carbons (Fsp3) is 0.679. The molecular formula is C28H45N5O4. The number of carbonyl (C=O) groups is 2. The number of hydrogen-bond acceptors (Lipinski definition) is 7. The van der Waals surface area contributed by atoms with Gasteiger partial charge in [0, 0.05) is 44.3 Å². The molecule has 37 heavy (non-hydrogen) atoms. The summed E-state index contributed by atoms with van der Waals surface area (Å²) in [6.07, 6.45) is 7.22. The number of fused-ring (bicyclic) bond motifs is 1.